The molecule has 0 fully saturated rings. The summed E-state index contributed by atoms with van der Waals surface area (Å²) in [5.41, 5.74) is 1.72. The number of likely N-dealkylation sites (N-methyl/N-ethyl adjacent to an activating group) is 1. The van der Waals surface area contributed by atoms with Gasteiger partial charge in [0.05, 0.1) is 13.2 Å². The van der Waals surface area contributed by atoms with Gasteiger partial charge in [0, 0.05) is 18.7 Å². The first-order valence-electron chi connectivity index (χ1n) is 8.65. The van der Waals surface area contributed by atoms with Crippen molar-refractivity contribution in [1.29, 1.82) is 0 Å². The fourth-order valence-corrected chi connectivity index (χ4v) is 2.29. The number of anilines is 1. The van der Waals surface area contributed by atoms with Gasteiger partial charge >= 0.3 is 0 Å². The Kier molecular flexibility index (Phi) is 8.15. The van der Waals surface area contributed by atoms with Crippen LogP contribution in [0.15, 0.2) is 54.6 Å². The normalized spacial score (nSPS) is 10.2. The molecule has 0 aromatic heterocycles. The number of para-hydroxylation sites is 1. The van der Waals surface area contributed by atoms with E-state index in [1.807, 2.05) is 54.6 Å². The molecule has 3 N–H and O–H groups in total. The number of nitrogens with one attached hydrogen (secondary N) is 3. The highest BCUT2D eigenvalue weighted by molar-refractivity contribution is 5.90. The fraction of sp³-hybridized carbons (Fsp3) is 0.300. The molecule has 0 saturated carbocycles. The molecule has 0 aliphatic heterocycles. The minimum atomic E-state index is -0.0531. The summed E-state index contributed by atoms with van der Waals surface area (Å²) in [4.78, 5) is 23.4. The van der Waals surface area contributed by atoms with E-state index in [4.69, 9.17) is 4.74 Å². The van der Waals surface area contributed by atoms with Crippen LogP contribution in [0, 0.1) is 0 Å². The summed E-state index contributed by atoms with van der Waals surface area (Å²) in [7, 11) is 1.73. The Bertz CT molecular complexity index is 687. The van der Waals surface area contributed by atoms with Crippen LogP contribution in [0.3, 0.4) is 0 Å². The summed E-state index contributed by atoms with van der Waals surface area (Å²) in [5.74, 6) is 0.713. The second-order valence-corrected chi connectivity index (χ2v) is 5.82. The average Bonchev–Trinajstić information content (AvgIpc) is 2.66. The van der Waals surface area contributed by atoms with Crippen molar-refractivity contribution in [2.45, 2.75) is 19.4 Å². The number of ether oxygens (including phenoxy) is 1. The van der Waals surface area contributed by atoms with E-state index in [1.165, 1.54) is 0 Å². The lowest BCUT2D eigenvalue weighted by Gasteiger charge is -2.08. The highest BCUT2D eigenvalue weighted by atomic mass is 16.5. The summed E-state index contributed by atoms with van der Waals surface area (Å²) in [6.45, 7) is 1.26. The van der Waals surface area contributed by atoms with Gasteiger partial charge in [-0.15, -0.1) is 0 Å². The molecule has 0 unspecified atom stereocenters. The number of carbonyl (C=O) groups is 2. The first-order valence-corrected chi connectivity index (χ1v) is 8.65. The Hall–Kier alpha value is -2.86. The molecule has 2 aromatic carbocycles. The van der Waals surface area contributed by atoms with Gasteiger partial charge in [0.15, 0.2) is 0 Å². The molecule has 2 aromatic rings. The maximum atomic E-state index is 12.0. The molecule has 0 heterocycles. The molecule has 0 aliphatic rings. The van der Waals surface area contributed by atoms with E-state index >= 15 is 0 Å². The molecule has 6 heteroatoms. The molecule has 0 spiro atoms. The first kappa shape index (κ1) is 19.5. The van der Waals surface area contributed by atoms with Crippen molar-refractivity contribution >= 4 is 17.5 Å². The molecule has 2 amide bonds. The predicted molar refractivity (Wildman–Crippen MR) is 102 cm³/mol. The van der Waals surface area contributed by atoms with E-state index in [-0.39, 0.29) is 11.8 Å². The zero-order valence-electron chi connectivity index (χ0n) is 15.0. The second-order valence-electron chi connectivity index (χ2n) is 5.82. The second kappa shape index (κ2) is 10.9. The molecule has 2 rings (SSSR count). The molecule has 26 heavy (non-hydrogen) atoms. The van der Waals surface area contributed by atoms with Gasteiger partial charge in [-0.05, 0) is 43.3 Å². The van der Waals surface area contributed by atoms with Crippen molar-refractivity contribution in [2.24, 2.45) is 0 Å². The molecule has 0 radical (unpaired) electrons. The molecule has 0 saturated heterocycles. The maximum Gasteiger partial charge on any atom is 0.234 e. The van der Waals surface area contributed by atoms with Gasteiger partial charge in [-0.3, -0.25) is 9.59 Å². The first-order chi connectivity index (χ1) is 12.7. The van der Waals surface area contributed by atoms with Gasteiger partial charge < -0.3 is 20.7 Å². The smallest absolute Gasteiger partial charge is 0.234 e. The Morgan fingerprint density at radius 2 is 1.69 bits per heavy atom. The van der Waals surface area contributed by atoms with E-state index in [1.54, 1.807) is 7.05 Å². The van der Waals surface area contributed by atoms with E-state index < -0.39 is 0 Å². The largest absolute Gasteiger partial charge is 0.494 e. The Balaban J connectivity index is 1.66. The quantitative estimate of drug-likeness (QED) is 0.572. The van der Waals surface area contributed by atoms with Crippen LogP contribution in [0.5, 0.6) is 5.75 Å². The number of hydrogen-bond acceptors (Lipinski definition) is 4. The molecule has 0 atom stereocenters. The lowest BCUT2D eigenvalue weighted by Crippen LogP contribution is -2.31. The van der Waals surface area contributed by atoms with Crippen LogP contribution in [0.25, 0.3) is 0 Å². The molecular weight excluding hydrogens is 330 g/mol. The van der Waals surface area contributed by atoms with E-state index in [2.05, 4.69) is 16.0 Å². The highest BCUT2D eigenvalue weighted by Gasteiger charge is 2.04. The van der Waals surface area contributed by atoms with Crippen molar-refractivity contribution in [1.82, 2.24) is 10.6 Å². The van der Waals surface area contributed by atoms with E-state index in [9.17, 15) is 9.59 Å². The molecule has 0 aliphatic carbocycles. The van der Waals surface area contributed by atoms with Gasteiger partial charge in [-0.25, -0.2) is 0 Å². The van der Waals surface area contributed by atoms with Crippen LogP contribution in [0.4, 0.5) is 5.69 Å². The third kappa shape index (κ3) is 7.36. The van der Waals surface area contributed by atoms with Crippen molar-refractivity contribution in [3.05, 3.63) is 60.2 Å². The Morgan fingerprint density at radius 3 is 2.38 bits per heavy atom. The zero-order chi connectivity index (χ0) is 18.6. The maximum absolute atomic E-state index is 12.0. The van der Waals surface area contributed by atoms with Gasteiger partial charge in [0.2, 0.25) is 11.8 Å². The molecule has 138 valence electrons. The summed E-state index contributed by atoms with van der Waals surface area (Å²) in [5, 5.41) is 8.46. The lowest BCUT2D eigenvalue weighted by atomic mass is 10.2. The van der Waals surface area contributed by atoms with Crippen LogP contribution in [0.2, 0.25) is 0 Å². The predicted octanol–water partition coefficient (Wildman–Crippen LogP) is 2.32. The number of hydrogen-bond donors (Lipinski definition) is 3. The SMILES string of the molecule is CNCC(=O)NCc1ccc(NC(=O)CCCOc2ccccc2)cc1. The summed E-state index contributed by atoms with van der Waals surface area (Å²) in [6, 6.07) is 17.0. The van der Waals surface area contributed by atoms with Crippen LogP contribution < -0.4 is 20.7 Å². The van der Waals surface area contributed by atoms with Crippen molar-refractivity contribution in [3.63, 3.8) is 0 Å². The van der Waals surface area contributed by atoms with Gasteiger partial charge in [0.1, 0.15) is 5.75 Å². The average molecular weight is 355 g/mol. The van der Waals surface area contributed by atoms with E-state index in [0.717, 1.165) is 17.0 Å². The molecule has 0 bridgehead atoms. The topological polar surface area (TPSA) is 79.5 Å². The Morgan fingerprint density at radius 1 is 0.962 bits per heavy atom. The van der Waals surface area contributed by atoms with Crippen molar-refractivity contribution in [2.75, 3.05) is 25.5 Å². The third-order valence-corrected chi connectivity index (χ3v) is 3.62. The highest BCUT2D eigenvalue weighted by Crippen LogP contribution is 2.11. The summed E-state index contributed by atoms with van der Waals surface area (Å²) in [6.07, 6.45) is 1.05. The minimum absolute atomic E-state index is 0.0447. The van der Waals surface area contributed by atoms with Crippen molar-refractivity contribution < 1.29 is 14.3 Å². The minimum Gasteiger partial charge on any atom is -0.494 e. The third-order valence-electron chi connectivity index (χ3n) is 3.62. The lowest BCUT2D eigenvalue weighted by molar-refractivity contribution is -0.120. The standard InChI is InChI=1S/C20H25N3O3/c1-21-15-20(25)22-14-16-9-11-17(12-10-16)23-19(24)8-5-13-26-18-6-3-2-4-7-18/h2-4,6-7,9-12,21H,5,8,13-15H2,1H3,(H,22,25)(H,23,24). The van der Waals surface area contributed by atoms with E-state index in [0.29, 0.717) is 32.5 Å². The van der Waals surface area contributed by atoms with Crippen LogP contribution in [-0.2, 0) is 16.1 Å². The van der Waals surface area contributed by atoms with Crippen LogP contribution in [-0.4, -0.2) is 32.0 Å². The van der Waals surface area contributed by atoms with Gasteiger partial charge in [-0.2, -0.15) is 0 Å². The van der Waals surface area contributed by atoms with Crippen LogP contribution >= 0.6 is 0 Å². The van der Waals surface area contributed by atoms with Crippen LogP contribution in [0.1, 0.15) is 18.4 Å². The number of carbonyl (C=O) groups excluding carboxylic acids is 2. The summed E-state index contributed by atoms with van der Waals surface area (Å²) < 4.78 is 5.57. The van der Waals surface area contributed by atoms with Gasteiger partial charge in [0.25, 0.3) is 0 Å². The molecule has 6 nitrogen and oxygen atoms in total. The number of rotatable bonds is 10. The number of benzene rings is 2. The Labute approximate surface area is 153 Å². The molecular formula is C20H25N3O3. The summed E-state index contributed by atoms with van der Waals surface area (Å²) >= 11 is 0. The monoisotopic (exact) mass is 355 g/mol. The van der Waals surface area contributed by atoms with Gasteiger partial charge in [-0.1, -0.05) is 30.3 Å². The fourth-order valence-electron chi connectivity index (χ4n) is 2.29. The van der Waals surface area contributed by atoms with Crippen molar-refractivity contribution in [3.8, 4) is 5.75 Å². The number of amides is 2. The zero-order valence-corrected chi connectivity index (χ0v) is 15.0.